The van der Waals surface area contributed by atoms with Crippen molar-refractivity contribution in [2.75, 3.05) is 36.4 Å². The molecule has 0 aliphatic carbocycles. The summed E-state index contributed by atoms with van der Waals surface area (Å²) in [5, 5.41) is 8.07. The van der Waals surface area contributed by atoms with Gasteiger partial charge in [-0.1, -0.05) is 54.6 Å². The van der Waals surface area contributed by atoms with E-state index in [0.29, 0.717) is 18.8 Å². The maximum absolute atomic E-state index is 13.4. The smallest absolute Gasteiger partial charge is 0.272 e. The lowest BCUT2D eigenvalue weighted by molar-refractivity contribution is 0.0737. The molecule has 172 valence electrons. The number of aromatic nitrogens is 2. The number of nitrogens with one attached hydrogen (secondary N) is 1. The summed E-state index contributed by atoms with van der Waals surface area (Å²) >= 11 is 0. The highest BCUT2D eigenvalue weighted by Crippen LogP contribution is 2.22. The molecule has 1 aliphatic heterocycles. The number of nitrogens with zero attached hydrogens (tertiary/aromatic N) is 4. The third-order valence-electron chi connectivity index (χ3n) is 6.17. The summed E-state index contributed by atoms with van der Waals surface area (Å²) < 4.78 is 1.76. The van der Waals surface area contributed by atoms with Crippen LogP contribution in [0.25, 0.3) is 5.69 Å². The van der Waals surface area contributed by atoms with Crippen LogP contribution in [0.3, 0.4) is 0 Å². The molecule has 1 fully saturated rings. The van der Waals surface area contributed by atoms with E-state index in [1.165, 1.54) is 11.3 Å². The predicted molar refractivity (Wildman–Crippen MR) is 137 cm³/mol. The molecule has 3 aromatic carbocycles. The molecule has 0 spiro atoms. The van der Waals surface area contributed by atoms with Crippen LogP contribution in [-0.2, 0) is 6.54 Å². The van der Waals surface area contributed by atoms with E-state index in [-0.39, 0.29) is 5.91 Å². The topological polar surface area (TPSA) is 53.4 Å². The second-order valence-corrected chi connectivity index (χ2v) is 8.59. The number of anilines is 2. The molecule has 1 amide bonds. The van der Waals surface area contributed by atoms with E-state index in [1.807, 2.05) is 54.3 Å². The lowest BCUT2D eigenvalue weighted by Gasteiger charge is -2.36. The maximum Gasteiger partial charge on any atom is 0.272 e. The number of hydrogen-bond donors (Lipinski definition) is 1. The van der Waals surface area contributed by atoms with E-state index >= 15 is 0 Å². The Balaban J connectivity index is 1.23. The fraction of sp³-hybridized carbons (Fsp3) is 0.214. The van der Waals surface area contributed by atoms with Gasteiger partial charge in [0.1, 0.15) is 5.69 Å². The minimum atomic E-state index is 0.0300. The van der Waals surface area contributed by atoms with Crippen molar-refractivity contribution in [1.82, 2.24) is 14.7 Å². The Hall–Kier alpha value is -4.06. The van der Waals surface area contributed by atoms with Gasteiger partial charge in [-0.15, -0.1) is 0 Å². The highest BCUT2D eigenvalue weighted by molar-refractivity contribution is 5.93. The summed E-state index contributed by atoms with van der Waals surface area (Å²) in [4.78, 5) is 17.6. The Bertz CT molecular complexity index is 1240. The number of para-hydroxylation sites is 1. The number of aryl methyl sites for hydroxylation is 1. The molecule has 0 bridgehead atoms. The zero-order chi connectivity index (χ0) is 23.3. The maximum atomic E-state index is 13.4. The lowest BCUT2D eigenvalue weighted by atomic mass is 10.2. The zero-order valence-electron chi connectivity index (χ0n) is 19.4. The number of benzene rings is 3. The first-order chi connectivity index (χ1) is 16.7. The van der Waals surface area contributed by atoms with Crippen molar-refractivity contribution >= 4 is 17.3 Å². The molecule has 0 radical (unpaired) electrons. The molecule has 34 heavy (non-hydrogen) atoms. The molecule has 1 aromatic heterocycles. The molecule has 5 rings (SSSR count). The molecule has 1 saturated heterocycles. The van der Waals surface area contributed by atoms with E-state index in [2.05, 4.69) is 63.8 Å². The van der Waals surface area contributed by atoms with Gasteiger partial charge >= 0.3 is 0 Å². The van der Waals surface area contributed by atoms with E-state index < -0.39 is 0 Å². The Kier molecular flexibility index (Phi) is 6.29. The van der Waals surface area contributed by atoms with Gasteiger partial charge in [0.05, 0.1) is 11.4 Å². The van der Waals surface area contributed by atoms with Crippen molar-refractivity contribution in [3.05, 3.63) is 108 Å². The normalized spacial score (nSPS) is 13.7. The fourth-order valence-electron chi connectivity index (χ4n) is 4.36. The monoisotopic (exact) mass is 451 g/mol. The van der Waals surface area contributed by atoms with Crippen molar-refractivity contribution < 1.29 is 4.79 Å². The molecule has 1 aliphatic rings. The first kappa shape index (κ1) is 21.8. The highest BCUT2D eigenvalue weighted by atomic mass is 16.2. The Morgan fingerprint density at radius 2 is 1.50 bits per heavy atom. The summed E-state index contributed by atoms with van der Waals surface area (Å²) in [5.41, 5.74) is 5.88. The predicted octanol–water partition coefficient (Wildman–Crippen LogP) is 4.76. The van der Waals surface area contributed by atoms with Crippen LogP contribution in [-0.4, -0.2) is 46.8 Å². The van der Waals surface area contributed by atoms with Crippen LogP contribution in [0, 0.1) is 6.92 Å². The summed E-state index contributed by atoms with van der Waals surface area (Å²) in [5.74, 6) is 0.0300. The van der Waals surface area contributed by atoms with Crippen molar-refractivity contribution in [3.8, 4) is 5.69 Å². The number of carbonyl (C=O) groups is 1. The molecule has 0 saturated carbocycles. The number of rotatable bonds is 6. The van der Waals surface area contributed by atoms with Gasteiger partial charge in [-0.2, -0.15) is 5.10 Å². The van der Waals surface area contributed by atoms with E-state index in [9.17, 15) is 4.79 Å². The number of piperazine rings is 1. The lowest BCUT2D eigenvalue weighted by Crippen LogP contribution is -2.49. The molecule has 4 aromatic rings. The number of amides is 1. The van der Waals surface area contributed by atoms with Crippen LogP contribution < -0.4 is 10.2 Å². The largest absolute Gasteiger partial charge is 0.381 e. The average molecular weight is 452 g/mol. The van der Waals surface area contributed by atoms with Crippen molar-refractivity contribution in [2.24, 2.45) is 0 Å². The van der Waals surface area contributed by atoms with Crippen LogP contribution >= 0.6 is 0 Å². The Morgan fingerprint density at radius 3 is 2.24 bits per heavy atom. The standard InChI is InChI=1S/C28H29N5O/c1-22-19-27(33(30-22)25-12-6-3-7-13-25)28(34)32-17-15-31(16-18-32)26-14-8-11-24(20-26)29-21-23-9-4-2-5-10-23/h2-14,19-20,29H,15-18,21H2,1H3. The third-order valence-corrected chi connectivity index (χ3v) is 6.17. The van der Waals surface area contributed by atoms with Gasteiger partial charge in [0.15, 0.2) is 0 Å². The van der Waals surface area contributed by atoms with Crippen LogP contribution in [0.2, 0.25) is 0 Å². The van der Waals surface area contributed by atoms with E-state index in [0.717, 1.165) is 36.7 Å². The van der Waals surface area contributed by atoms with E-state index in [4.69, 9.17) is 0 Å². The van der Waals surface area contributed by atoms with Crippen LogP contribution in [0.15, 0.2) is 91.0 Å². The zero-order valence-corrected chi connectivity index (χ0v) is 19.4. The Labute approximate surface area is 200 Å². The second-order valence-electron chi connectivity index (χ2n) is 8.59. The molecule has 0 unspecified atom stereocenters. The van der Waals surface area contributed by atoms with Crippen molar-refractivity contribution in [1.29, 1.82) is 0 Å². The Morgan fingerprint density at radius 1 is 0.824 bits per heavy atom. The quantitative estimate of drug-likeness (QED) is 0.459. The van der Waals surface area contributed by atoms with Crippen molar-refractivity contribution in [3.63, 3.8) is 0 Å². The summed E-state index contributed by atoms with van der Waals surface area (Å²) in [7, 11) is 0. The van der Waals surface area contributed by atoms with Crippen LogP contribution in [0.4, 0.5) is 11.4 Å². The third kappa shape index (κ3) is 4.81. The van der Waals surface area contributed by atoms with Gasteiger partial charge in [-0.25, -0.2) is 4.68 Å². The van der Waals surface area contributed by atoms with Gasteiger partial charge in [0.25, 0.3) is 5.91 Å². The molecule has 6 nitrogen and oxygen atoms in total. The highest BCUT2D eigenvalue weighted by Gasteiger charge is 2.25. The van der Waals surface area contributed by atoms with Crippen molar-refractivity contribution in [2.45, 2.75) is 13.5 Å². The molecular formula is C28H29N5O. The average Bonchev–Trinajstić information content (AvgIpc) is 3.30. The second kappa shape index (κ2) is 9.83. The van der Waals surface area contributed by atoms with Crippen LogP contribution in [0.1, 0.15) is 21.7 Å². The van der Waals surface area contributed by atoms with Gasteiger partial charge in [-0.05, 0) is 48.9 Å². The number of carbonyl (C=O) groups excluding carboxylic acids is 1. The fourth-order valence-corrected chi connectivity index (χ4v) is 4.36. The van der Waals surface area contributed by atoms with Gasteiger partial charge in [0.2, 0.25) is 0 Å². The minimum Gasteiger partial charge on any atom is -0.381 e. The molecular weight excluding hydrogens is 422 g/mol. The molecule has 1 N–H and O–H groups in total. The summed E-state index contributed by atoms with van der Waals surface area (Å²) in [6.45, 7) is 5.67. The summed E-state index contributed by atoms with van der Waals surface area (Å²) in [6, 6.07) is 30.6. The van der Waals surface area contributed by atoms with Gasteiger partial charge in [0, 0.05) is 44.1 Å². The first-order valence-electron chi connectivity index (χ1n) is 11.7. The van der Waals surface area contributed by atoms with Gasteiger partial charge in [-0.3, -0.25) is 4.79 Å². The number of hydrogen-bond acceptors (Lipinski definition) is 4. The van der Waals surface area contributed by atoms with Crippen LogP contribution in [0.5, 0.6) is 0 Å². The molecule has 6 heteroatoms. The van der Waals surface area contributed by atoms with Gasteiger partial charge < -0.3 is 15.1 Å². The minimum absolute atomic E-state index is 0.0300. The first-order valence-corrected chi connectivity index (χ1v) is 11.7. The molecule has 2 heterocycles. The summed E-state index contributed by atoms with van der Waals surface area (Å²) in [6.07, 6.45) is 0. The SMILES string of the molecule is Cc1cc(C(=O)N2CCN(c3cccc(NCc4ccccc4)c3)CC2)n(-c2ccccc2)n1. The van der Waals surface area contributed by atoms with E-state index in [1.54, 1.807) is 4.68 Å². The molecule has 0 atom stereocenters.